The molecule has 10 heteroatoms. The summed E-state index contributed by atoms with van der Waals surface area (Å²) in [6.07, 6.45) is -5.75. The van der Waals surface area contributed by atoms with E-state index in [-0.39, 0.29) is 10.8 Å². The number of nitrogens with one attached hydrogen (secondary N) is 1. The van der Waals surface area contributed by atoms with E-state index in [9.17, 15) is 22.8 Å². The van der Waals surface area contributed by atoms with Crippen molar-refractivity contribution in [2.75, 3.05) is 11.9 Å². The molecular weight excluding hydrogens is 422 g/mol. The van der Waals surface area contributed by atoms with Crippen LogP contribution in [0.15, 0.2) is 42.5 Å². The molecule has 0 fully saturated rings. The van der Waals surface area contributed by atoms with Crippen molar-refractivity contribution in [2.24, 2.45) is 0 Å². The van der Waals surface area contributed by atoms with Crippen molar-refractivity contribution in [3.63, 3.8) is 0 Å². The van der Waals surface area contributed by atoms with Crippen molar-refractivity contribution in [3.05, 3.63) is 58.1 Å². The standard InChI is InChI=1S/C18H14Cl2F3NO4/c1-10(28-15-7-6-11(19)8-13(15)20)17(26)27-9-16(25)24-14-5-3-2-4-12(14)18(21,22)23/h2-8,10H,9H2,1H3,(H,24,25)/t10-/m1/s1. The van der Waals surface area contributed by atoms with E-state index in [1.807, 2.05) is 0 Å². The fourth-order valence-corrected chi connectivity index (χ4v) is 2.54. The summed E-state index contributed by atoms with van der Waals surface area (Å²) in [7, 11) is 0. The van der Waals surface area contributed by atoms with Gasteiger partial charge in [0.05, 0.1) is 16.3 Å². The highest BCUT2D eigenvalue weighted by Crippen LogP contribution is 2.34. The number of carbonyl (C=O) groups is 2. The molecule has 0 radical (unpaired) electrons. The predicted octanol–water partition coefficient (Wildman–Crippen LogP) is 4.96. The summed E-state index contributed by atoms with van der Waals surface area (Å²) in [5.41, 5.74) is -1.45. The van der Waals surface area contributed by atoms with E-state index in [0.29, 0.717) is 5.02 Å². The largest absolute Gasteiger partial charge is 0.477 e. The summed E-state index contributed by atoms with van der Waals surface area (Å²) in [5, 5.41) is 2.62. The maximum absolute atomic E-state index is 12.9. The molecule has 1 N–H and O–H groups in total. The molecule has 2 rings (SSSR count). The Morgan fingerprint density at radius 2 is 1.82 bits per heavy atom. The summed E-state index contributed by atoms with van der Waals surface area (Å²) in [6, 6.07) is 8.83. The lowest BCUT2D eigenvalue weighted by atomic mass is 10.1. The third-order valence-corrected chi connectivity index (χ3v) is 3.91. The zero-order chi connectivity index (χ0) is 20.9. The molecule has 0 saturated carbocycles. The second kappa shape index (κ2) is 9.16. The first-order valence-electron chi connectivity index (χ1n) is 7.82. The summed E-state index contributed by atoms with van der Waals surface area (Å²) in [4.78, 5) is 23.8. The fraction of sp³-hybridized carbons (Fsp3) is 0.222. The minimum absolute atomic E-state index is 0.175. The molecule has 0 aliphatic heterocycles. The van der Waals surface area contributed by atoms with Gasteiger partial charge in [0.15, 0.2) is 12.7 Å². The summed E-state index contributed by atoms with van der Waals surface area (Å²) in [5.74, 6) is -1.65. The molecule has 0 bridgehead atoms. The van der Waals surface area contributed by atoms with Crippen LogP contribution in [-0.2, 0) is 20.5 Å². The van der Waals surface area contributed by atoms with Crippen LogP contribution < -0.4 is 10.1 Å². The average Bonchev–Trinajstić information content (AvgIpc) is 2.61. The first-order chi connectivity index (χ1) is 13.1. The number of anilines is 1. The highest BCUT2D eigenvalue weighted by molar-refractivity contribution is 6.35. The number of amides is 1. The number of alkyl halides is 3. The van der Waals surface area contributed by atoms with E-state index < -0.39 is 42.0 Å². The van der Waals surface area contributed by atoms with Crippen LogP contribution in [0, 0.1) is 0 Å². The highest BCUT2D eigenvalue weighted by Gasteiger charge is 2.33. The summed E-state index contributed by atoms with van der Waals surface area (Å²) >= 11 is 11.7. The second-order valence-corrected chi connectivity index (χ2v) is 6.38. The number of halogens is 5. The Morgan fingerprint density at radius 1 is 1.14 bits per heavy atom. The third kappa shape index (κ3) is 6.03. The number of ether oxygens (including phenoxy) is 2. The molecule has 0 aliphatic rings. The van der Waals surface area contributed by atoms with Crippen LogP contribution >= 0.6 is 23.2 Å². The molecule has 2 aromatic carbocycles. The van der Waals surface area contributed by atoms with Gasteiger partial charge in [-0.05, 0) is 37.3 Å². The minimum Gasteiger partial charge on any atom is -0.477 e. The van der Waals surface area contributed by atoms with Gasteiger partial charge in [-0.2, -0.15) is 13.2 Å². The first-order valence-corrected chi connectivity index (χ1v) is 8.58. The average molecular weight is 436 g/mol. The van der Waals surface area contributed by atoms with E-state index in [0.717, 1.165) is 12.1 Å². The van der Waals surface area contributed by atoms with Gasteiger partial charge in [0, 0.05) is 5.02 Å². The number of para-hydroxylation sites is 1. The van der Waals surface area contributed by atoms with Crippen LogP contribution in [0.4, 0.5) is 18.9 Å². The van der Waals surface area contributed by atoms with Gasteiger partial charge in [0.2, 0.25) is 0 Å². The monoisotopic (exact) mass is 435 g/mol. The zero-order valence-corrected chi connectivity index (χ0v) is 15.9. The molecule has 2 aromatic rings. The van der Waals surface area contributed by atoms with Crippen molar-refractivity contribution in [3.8, 4) is 5.75 Å². The van der Waals surface area contributed by atoms with E-state index >= 15 is 0 Å². The van der Waals surface area contributed by atoms with Gasteiger partial charge in [0.1, 0.15) is 5.75 Å². The number of carbonyl (C=O) groups excluding carboxylic acids is 2. The Hall–Kier alpha value is -2.45. The third-order valence-electron chi connectivity index (χ3n) is 3.38. The van der Waals surface area contributed by atoms with Gasteiger partial charge < -0.3 is 14.8 Å². The van der Waals surface area contributed by atoms with Gasteiger partial charge in [-0.3, -0.25) is 4.79 Å². The minimum atomic E-state index is -4.64. The molecule has 0 spiro atoms. The number of benzene rings is 2. The zero-order valence-electron chi connectivity index (χ0n) is 14.3. The van der Waals surface area contributed by atoms with E-state index in [1.165, 1.54) is 37.3 Å². The van der Waals surface area contributed by atoms with Gasteiger partial charge in [-0.15, -0.1) is 0 Å². The normalized spacial score (nSPS) is 12.2. The van der Waals surface area contributed by atoms with Crippen LogP contribution in [-0.4, -0.2) is 24.6 Å². The van der Waals surface area contributed by atoms with E-state index in [1.54, 1.807) is 0 Å². The van der Waals surface area contributed by atoms with Gasteiger partial charge in [-0.25, -0.2) is 4.79 Å². The predicted molar refractivity (Wildman–Crippen MR) is 97.6 cm³/mol. The molecule has 1 atom stereocenters. The molecule has 5 nitrogen and oxygen atoms in total. The summed E-state index contributed by atoms with van der Waals surface area (Å²) in [6.45, 7) is 0.581. The van der Waals surface area contributed by atoms with Gasteiger partial charge >= 0.3 is 12.1 Å². The van der Waals surface area contributed by atoms with Crippen LogP contribution in [0.1, 0.15) is 12.5 Å². The SMILES string of the molecule is C[C@@H](Oc1ccc(Cl)cc1Cl)C(=O)OCC(=O)Nc1ccccc1C(F)(F)F. The number of hydrogen-bond acceptors (Lipinski definition) is 4. The van der Waals surface area contributed by atoms with Crippen LogP contribution in [0.5, 0.6) is 5.75 Å². The molecule has 1 amide bonds. The Morgan fingerprint density at radius 3 is 2.46 bits per heavy atom. The van der Waals surface area contributed by atoms with Crippen molar-refractivity contribution < 1.29 is 32.2 Å². The molecule has 0 aliphatic carbocycles. The maximum atomic E-state index is 12.9. The Kier molecular flexibility index (Phi) is 7.15. The Labute approximate surface area is 168 Å². The van der Waals surface area contributed by atoms with Crippen LogP contribution in [0.25, 0.3) is 0 Å². The molecule has 28 heavy (non-hydrogen) atoms. The fourth-order valence-electron chi connectivity index (χ4n) is 2.09. The maximum Gasteiger partial charge on any atom is 0.418 e. The van der Waals surface area contributed by atoms with Crippen molar-refractivity contribution in [1.82, 2.24) is 0 Å². The smallest absolute Gasteiger partial charge is 0.418 e. The lowest BCUT2D eigenvalue weighted by molar-refractivity contribution is -0.153. The molecule has 0 saturated heterocycles. The highest BCUT2D eigenvalue weighted by atomic mass is 35.5. The molecule has 0 aromatic heterocycles. The molecule has 0 heterocycles. The van der Waals surface area contributed by atoms with Crippen molar-refractivity contribution in [2.45, 2.75) is 19.2 Å². The molecule has 150 valence electrons. The van der Waals surface area contributed by atoms with Gasteiger partial charge in [-0.1, -0.05) is 35.3 Å². The lowest BCUT2D eigenvalue weighted by Crippen LogP contribution is -2.30. The number of esters is 1. The Bertz CT molecular complexity index is 874. The van der Waals surface area contributed by atoms with Crippen LogP contribution in [0.2, 0.25) is 10.0 Å². The number of rotatable bonds is 6. The molecular formula is C18H14Cl2F3NO4. The first kappa shape index (κ1) is 21.8. The van der Waals surface area contributed by atoms with Crippen molar-refractivity contribution >= 4 is 40.8 Å². The van der Waals surface area contributed by atoms with Gasteiger partial charge in [0.25, 0.3) is 5.91 Å². The second-order valence-electron chi connectivity index (χ2n) is 5.53. The summed E-state index contributed by atoms with van der Waals surface area (Å²) < 4.78 is 48.8. The van der Waals surface area contributed by atoms with Crippen LogP contribution in [0.3, 0.4) is 0 Å². The Balaban J connectivity index is 1.91. The van der Waals surface area contributed by atoms with Crippen molar-refractivity contribution in [1.29, 1.82) is 0 Å². The molecule has 0 unspecified atom stereocenters. The van der Waals surface area contributed by atoms with E-state index in [4.69, 9.17) is 32.7 Å². The van der Waals surface area contributed by atoms with E-state index in [2.05, 4.69) is 5.32 Å². The quantitative estimate of drug-likeness (QED) is 0.651. The topological polar surface area (TPSA) is 64.6 Å². The number of hydrogen-bond donors (Lipinski definition) is 1. The lowest BCUT2D eigenvalue weighted by Gasteiger charge is -2.16.